The zero-order chi connectivity index (χ0) is 14.5. The first-order valence-electron chi connectivity index (χ1n) is 7.70. The van der Waals surface area contributed by atoms with Crippen molar-refractivity contribution in [2.45, 2.75) is 58.9 Å². The van der Waals surface area contributed by atoms with Crippen LogP contribution in [0.15, 0.2) is 18.2 Å². The van der Waals surface area contributed by atoms with Crippen LogP contribution in [-0.2, 0) is 6.42 Å². The van der Waals surface area contributed by atoms with Gasteiger partial charge in [0.2, 0.25) is 0 Å². The van der Waals surface area contributed by atoms with E-state index in [9.17, 15) is 0 Å². The quantitative estimate of drug-likeness (QED) is 0.502. The van der Waals surface area contributed by atoms with Crippen molar-refractivity contribution in [1.82, 2.24) is 9.55 Å². The van der Waals surface area contributed by atoms with Gasteiger partial charge in [-0.15, -0.1) is 11.6 Å². The maximum absolute atomic E-state index is 5.95. The molecule has 0 aliphatic heterocycles. The molecule has 0 bridgehead atoms. The first-order chi connectivity index (χ1) is 9.67. The number of halogens is 1. The summed E-state index contributed by atoms with van der Waals surface area (Å²) in [6, 6.07) is 6.99. The van der Waals surface area contributed by atoms with E-state index in [-0.39, 0.29) is 0 Å². The van der Waals surface area contributed by atoms with Crippen LogP contribution in [0, 0.1) is 6.92 Å². The van der Waals surface area contributed by atoms with Gasteiger partial charge in [0, 0.05) is 18.3 Å². The van der Waals surface area contributed by atoms with Gasteiger partial charge in [-0.1, -0.05) is 32.3 Å². The Balaban J connectivity index is 2.36. The van der Waals surface area contributed by atoms with Crippen molar-refractivity contribution in [3.63, 3.8) is 0 Å². The molecule has 0 amide bonds. The van der Waals surface area contributed by atoms with E-state index in [1.165, 1.54) is 36.8 Å². The summed E-state index contributed by atoms with van der Waals surface area (Å²) >= 11 is 5.95. The fraction of sp³-hybridized carbons (Fsp3) is 0.588. The number of benzene rings is 1. The van der Waals surface area contributed by atoms with Crippen LogP contribution in [0.25, 0.3) is 11.0 Å². The van der Waals surface area contributed by atoms with Crippen LogP contribution in [0.4, 0.5) is 0 Å². The molecular weight excluding hydrogens is 268 g/mol. The van der Waals surface area contributed by atoms with E-state index in [0.29, 0.717) is 11.9 Å². The predicted molar refractivity (Wildman–Crippen MR) is 87.7 cm³/mol. The molecule has 1 unspecified atom stereocenters. The van der Waals surface area contributed by atoms with E-state index in [0.717, 1.165) is 17.8 Å². The van der Waals surface area contributed by atoms with Gasteiger partial charge in [-0.25, -0.2) is 4.98 Å². The highest BCUT2D eigenvalue weighted by Crippen LogP contribution is 2.26. The highest BCUT2D eigenvalue weighted by Gasteiger charge is 2.15. The standard InChI is InChI=1S/C17H25ClN2/c1-4-5-6-7-14(3)20-16-12-13(2)8-9-15(16)19-17(20)10-11-18/h8-9,12,14H,4-7,10-11H2,1-3H3. The third kappa shape index (κ3) is 3.35. The minimum absolute atomic E-state index is 0.492. The molecule has 1 atom stereocenters. The Morgan fingerprint density at radius 3 is 2.80 bits per heavy atom. The molecule has 2 nitrogen and oxygen atoms in total. The number of unbranched alkanes of at least 4 members (excludes halogenated alkanes) is 2. The average Bonchev–Trinajstić information content (AvgIpc) is 2.76. The molecule has 20 heavy (non-hydrogen) atoms. The lowest BCUT2D eigenvalue weighted by Crippen LogP contribution is -2.10. The number of fused-ring (bicyclic) bond motifs is 1. The number of hydrogen-bond acceptors (Lipinski definition) is 1. The predicted octanol–water partition coefficient (Wildman–Crippen LogP) is 5.27. The molecule has 2 rings (SSSR count). The molecule has 0 fully saturated rings. The Hall–Kier alpha value is -1.02. The summed E-state index contributed by atoms with van der Waals surface area (Å²) in [6.45, 7) is 6.69. The zero-order valence-electron chi connectivity index (χ0n) is 12.8. The normalized spacial score (nSPS) is 13.0. The number of alkyl halides is 1. The van der Waals surface area contributed by atoms with Crippen LogP contribution < -0.4 is 0 Å². The lowest BCUT2D eigenvalue weighted by Gasteiger charge is -2.17. The van der Waals surface area contributed by atoms with E-state index < -0.39 is 0 Å². The number of aryl methyl sites for hydroxylation is 2. The van der Waals surface area contributed by atoms with Crippen LogP contribution in [0.2, 0.25) is 0 Å². The van der Waals surface area contributed by atoms with Gasteiger partial charge in [0.1, 0.15) is 5.82 Å². The summed E-state index contributed by atoms with van der Waals surface area (Å²) in [5.41, 5.74) is 3.64. The molecule has 2 aromatic rings. The largest absolute Gasteiger partial charge is 0.325 e. The number of imidazole rings is 1. The van der Waals surface area contributed by atoms with Gasteiger partial charge < -0.3 is 4.57 Å². The Kier molecular flexibility index (Phi) is 5.47. The van der Waals surface area contributed by atoms with Gasteiger partial charge in [0.15, 0.2) is 0 Å². The fourth-order valence-corrected chi connectivity index (χ4v) is 2.99. The van der Waals surface area contributed by atoms with Gasteiger partial charge in [-0.2, -0.15) is 0 Å². The van der Waals surface area contributed by atoms with Crippen molar-refractivity contribution in [2.75, 3.05) is 5.88 Å². The van der Waals surface area contributed by atoms with Crippen LogP contribution in [0.3, 0.4) is 0 Å². The summed E-state index contributed by atoms with van der Waals surface area (Å²) < 4.78 is 2.40. The summed E-state index contributed by atoms with van der Waals surface area (Å²) in [6.07, 6.45) is 5.91. The lowest BCUT2D eigenvalue weighted by atomic mass is 10.1. The van der Waals surface area contributed by atoms with E-state index in [1.54, 1.807) is 0 Å². The van der Waals surface area contributed by atoms with Crippen molar-refractivity contribution in [3.05, 3.63) is 29.6 Å². The SMILES string of the molecule is CCCCCC(C)n1c(CCCl)nc2ccc(C)cc21. The monoisotopic (exact) mass is 292 g/mol. The Bertz CT molecular complexity index is 559. The van der Waals surface area contributed by atoms with E-state index in [1.807, 2.05) is 0 Å². The van der Waals surface area contributed by atoms with Gasteiger partial charge in [0.05, 0.1) is 11.0 Å². The molecule has 1 aromatic carbocycles. The molecule has 0 aliphatic carbocycles. The molecule has 0 radical (unpaired) electrons. The second-order valence-corrected chi connectivity index (χ2v) is 6.05. The molecule has 110 valence electrons. The van der Waals surface area contributed by atoms with Gasteiger partial charge in [-0.05, 0) is 38.0 Å². The number of hydrogen-bond donors (Lipinski definition) is 0. The first kappa shape index (κ1) is 15.4. The number of nitrogens with zero attached hydrogens (tertiary/aromatic N) is 2. The number of rotatable bonds is 7. The zero-order valence-corrected chi connectivity index (χ0v) is 13.6. The van der Waals surface area contributed by atoms with Crippen molar-refractivity contribution < 1.29 is 0 Å². The molecular formula is C17H25ClN2. The second kappa shape index (κ2) is 7.12. The summed E-state index contributed by atoms with van der Waals surface area (Å²) in [5.74, 6) is 1.76. The molecule has 3 heteroatoms. The summed E-state index contributed by atoms with van der Waals surface area (Å²) in [5, 5.41) is 0. The molecule has 0 N–H and O–H groups in total. The first-order valence-corrected chi connectivity index (χ1v) is 8.24. The molecule has 0 saturated carbocycles. The Morgan fingerprint density at radius 1 is 1.30 bits per heavy atom. The summed E-state index contributed by atoms with van der Waals surface area (Å²) in [7, 11) is 0. The van der Waals surface area contributed by atoms with Gasteiger partial charge >= 0.3 is 0 Å². The van der Waals surface area contributed by atoms with Crippen LogP contribution >= 0.6 is 11.6 Å². The Labute approximate surface area is 127 Å². The smallest absolute Gasteiger partial charge is 0.111 e. The second-order valence-electron chi connectivity index (χ2n) is 5.67. The van der Waals surface area contributed by atoms with Gasteiger partial charge in [0.25, 0.3) is 0 Å². The van der Waals surface area contributed by atoms with Crippen LogP contribution in [0.5, 0.6) is 0 Å². The lowest BCUT2D eigenvalue weighted by molar-refractivity contribution is 0.474. The van der Waals surface area contributed by atoms with Crippen molar-refractivity contribution in [3.8, 4) is 0 Å². The number of aromatic nitrogens is 2. The highest BCUT2D eigenvalue weighted by molar-refractivity contribution is 6.17. The molecule has 1 heterocycles. The average molecular weight is 293 g/mol. The maximum Gasteiger partial charge on any atom is 0.111 e. The van der Waals surface area contributed by atoms with Gasteiger partial charge in [-0.3, -0.25) is 0 Å². The molecule has 0 spiro atoms. The fourth-order valence-electron chi connectivity index (χ4n) is 2.82. The summed E-state index contributed by atoms with van der Waals surface area (Å²) in [4.78, 5) is 4.77. The van der Waals surface area contributed by atoms with E-state index in [4.69, 9.17) is 16.6 Å². The van der Waals surface area contributed by atoms with E-state index >= 15 is 0 Å². The van der Waals surface area contributed by atoms with Crippen LogP contribution in [-0.4, -0.2) is 15.4 Å². The minimum atomic E-state index is 0.492. The Morgan fingerprint density at radius 2 is 2.10 bits per heavy atom. The molecule has 1 aromatic heterocycles. The highest BCUT2D eigenvalue weighted by atomic mass is 35.5. The third-order valence-corrected chi connectivity index (χ3v) is 4.09. The van der Waals surface area contributed by atoms with Crippen molar-refractivity contribution in [2.24, 2.45) is 0 Å². The van der Waals surface area contributed by atoms with Crippen LogP contribution in [0.1, 0.15) is 57.0 Å². The molecule has 0 aliphatic rings. The minimum Gasteiger partial charge on any atom is -0.325 e. The van der Waals surface area contributed by atoms with Crippen molar-refractivity contribution >= 4 is 22.6 Å². The van der Waals surface area contributed by atoms with E-state index in [2.05, 4.69) is 43.5 Å². The maximum atomic E-state index is 5.95. The third-order valence-electron chi connectivity index (χ3n) is 3.90. The van der Waals surface area contributed by atoms with Crippen molar-refractivity contribution in [1.29, 1.82) is 0 Å². The molecule has 0 saturated heterocycles. The topological polar surface area (TPSA) is 17.8 Å².